The Hall–Kier alpha value is -4.09. The highest BCUT2D eigenvalue weighted by Gasteiger charge is 2.22. The fraction of sp³-hybridized carbons (Fsp3) is 0.308. The number of aromatic nitrogens is 6. The standard InChI is InChI=1S/C26H28ClN7O4/c1-2-3-9-22-29-24(27)21(15-38-26(37)20(28)13-23(35)36)34(22)14-16-10-11-18(17-7-5-4-6-8-17)19(12-16)25-30-32-33-31-25/h4-8,10-12,20H,2-3,9,13-15,28H2,1H3,(H,35,36)(H,30,31,32,33)/t20-/m0/s1. The fourth-order valence-corrected chi connectivity index (χ4v) is 4.33. The summed E-state index contributed by atoms with van der Waals surface area (Å²) in [5.74, 6) is -0.790. The summed E-state index contributed by atoms with van der Waals surface area (Å²) in [5, 5.41) is 23.7. The predicted octanol–water partition coefficient (Wildman–Crippen LogP) is 3.62. The molecule has 2 aromatic carbocycles. The normalized spacial score (nSPS) is 11.9. The van der Waals surface area contributed by atoms with E-state index in [2.05, 4.69) is 32.5 Å². The molecule has 0 amide bonds. The van der Waals surface area contributed by atoms with Gasteiger partial charge >= 0.3 is 11.9 Å². The van der Waals surface area contributed by atoms with Gasteiger partial charge in [0, 0.05) is 18.5 Å². The van der Waals surface area contributed by atoms with Crippen molar-refractivity contribution in [1.82, 2.24) is 30.2 Å². The topological polar surface area (TPSA) is 162 Å². The lowest BCUT2D eigenvalue weighted by Gasteiger charge is -2.15. The van der Waals surface area contributed by atoms with Gasteiger partial charge in [0.05, 0.1) is 12.1 Å². The Morgan fingerprint density at radius 3 is 2.66 bits per heavy atom. The molecule has 1 atom stereocenters. The number of imidazole rings is 1. The van der Waals surface area contributed by atoms with Gasteiger partial charge in [-0.1, -0.05) is 67.4 Å². The molecule has 0 radical (unpaired) electrons. The van der Waals surface area contributed by atoms with Gasteiger partial charge in [0.1, 0.15) is 18.5 Å². The molecular formula is C26H28ClN7O4. The number of nitrogens with one attached hydrogen (secondary N) is 1. The van der Waals surface area contributed by atoms with E-state index >= 15 is 0 Å². The minimum absolute atomic E-state index is 0.191. The minimum Gasteiger partial charge on any atom is -0.481 e. The number of carbonyl (C=O) groups is 2. The molecule has 0 aliphatic carbocycles. The first-order valence-corrected chi connectivity index (χ1v) is 12.5. The number of rotatable bonds is 12. The smallest absolute Gasteiger partial charge is 0.323 e. The van der Waals surface area contributed by atoms with Gasteiger partial charge in [-0.25, -0.2) is 4.98 Å². The van der Waals surface area contributed by atoms with Crippen LogP contribution in [-0.4, -0.2) is 53.3 Å². The minimum atomic E-state index is -1.27. The summed E-state index contributed by atoms with van der Waals surface area (Å²) >= 11 is 6.48. The van der Waals surface area contributed by atoms with Crippen LogP contribution in [0.3, 0.4) is 0 Å². The molecule has 11 nitrogen and oxygen atoms in total. The number of halogens is 1. The quantitative estimate of drug-likeness (QED) is 0.229. The number of carbonyl (C=O) groups excluding carboxylic acids is 1. The first-order chi connectivity index (χ1) is 18.4. The predicted molar refractivity (Wildman–Crippen MR) is 140 cm³/mol. The van der Waals surface area contributed by atoms with Crippen LogP contribution in [0.4, 0.5) is 0 Å². The molecule has 0 spiro atoms. The Morgan fingerprint density at radius 2 is 1.97 bits per heavy atom. The van der Waals surface area contributed by atoms with Crippen molar-refractivity contribution >= 4 is 23.5 Å². The number of unbranched alkanes of at least 4 members (excludes halogenated alkanes) is 1. The van der Waals surface area contributed by atoms with Crippen LogP contribution in [0, 0.1) is 0 Å². The maximum Gasteiger partial charge on any atom is 0.323 e. The largest absolute Gasteiger partial charge is 0.481 e. The van der Waals surface area contributed by atoms with E-state index < -0.39 is 24.4 Å². The zero-order valence-corrected chi connectivity index (χ0v) is 21.6. The zero-order valence-electron chi connectivity index (χ0n) is 20.8. The van der Waals surface area contributed by atoms with E-state index in [1.54, 1.807) is 0 Å². The molecule has 2 heterocycles. The fourth-order valence-electron chi connectivity index (χ4n) is 4.08. The molecule has 198 valence electrons. The van der Waals surface area contributed by atoms with Crippen LogP contribution < -0.4 is 5.73 Å². The summed E-state index contributed by atoms with van der Waals surface area (Å²) < 4.78 is 7.24. The second-order valence-electron chi connectivity index (χ2n) is 8.75. The highest BCUT2D eigenvalue weighted by Crippen LogP contribution is 2.31. The highest BCUT2D eigenvalue weighted by molar-refractivity contribution is 6.30. The van der Waals surface area contributed by atoms with Crippen LogP contribution in [0.1, 0.15) is 43.3 Å². The summed E-state index contributed by atoms with van der Waals surface area (Å²) in [6.07, 6.45) is 2.02. The third-order valence-electron chi connectivity index (χ3n) is 6.00. The van der Waals surface area contributed by atoms with Gasteiger partial charge in [-0.05, 0) is 34.4 Å². The number of hydrogen-bond acceptors (Lipinski definition) is 8. The molecule has 0 fully saturated rings. The number of hydrogen-bond donors (Lipinski definition) is 3. The van der Waals surface area contributed by atoms with Gasteiger partial charge in [0.15, 0.2) is 5.15 Å². The molecule has 0 saturated carbocycles. The second-order valence-corrected chi connectivity index (χ2v) is 9.11. The zero-order chi connectivity index (χ0) is 27.1. The van der Waals surface area contributed by atoms with E-state index in [1.807, 2.05) is 53.1 Å². The van der Waals surface area contributed by atoms with E-state index in [0.29, 0.717) is 24.5 Å². The summed E-state index contributed by atoms with van der Waals surface area (Å²) in [6, 6.07) is 14.6. The molecule has 0 unspecified atom stereocenters. The van der Waals surface area contributed by atoms with Crippen molar-refractivity contribution in [3.63, 3.8) is 0 Å². The summed E-state index contributed by atoms with van der Waals surface area (Å²) in [6.45, 7) is 2.29. The van der Waals surface area contributed by atoms with Gasteiger partial charge in [0.25, 0.3) is 0 Å². The van der Waals surface area contributed by atoms with Gasteiger partial charge in [-0.3, -0.25) is 9.59 Å². The van der Waals surface area contributed by atoms with E-state index in [-0.39, 0.29) is 11.8 Å². The monoisotopic (exact) mass is 537 g/mol. The maximum absolute atomic E-state index is 12.3. The lowest BCUT2D eigenvalue weighted by molar-refractivity contribution is -0.150. The van der Waals surface area contributed by atoms with Gasteiger partial charge in [-0.2, -0.15) is 5.21 Å². The van der Waals surface area contributed by atoms with Crippen LogP contribution in [0.2, 0.25) is 5.15 Å². The lowest BCUT2D eigenvalue weighted by atomic mass is 9.97. The summed E-state index contributed by atoms with van der Waals surface area (Å²) in [5.41, 5.74) is 9.84. The number of aromatic amines is 1. The Kier molecular flexibility index (Phi) is 8.82. The molecule has 12 heteroatoms. The molecule has 4 aromatic rings. The summed E-state index contributed by atoms with van der Waals surface area (Å²) in [7, 11) is 0. The Labute approximate surface area is 224 Å². The molecule has 4 N–H and O–H groups in total. The molecule has 38 heavy (non-hydrogen) atoms. The highest BCUT2D eigenvalue weighted by atomic mass is 35.5. The number of H-pyrrole nitrogens is 1. The van der Waals surface area contributed by atoms with Crippen LogP contribution in [-0.2, 0) is 33.9 Å². The van der Waals surface area contributed by atoms with E-state index in [0.717, 1.165) is 40.9 Å². The Balaban J connectivity index is 1.67. The van der Waals surface area contributed by atoms with Crippen molar-refractivity contribution in [1.29, 1.82) is 0 Å². The molecule has 4 rings (SSSR count). The number of tetrazole rings is 1. The SMILES string of the molecule is CCCCc1nc(Cl)c(COC(=O)[C@@H](N)CC(=O)O)n1Cc1ccc(-c2ccccc2)c(-c2nn[nH]n2)c1. The molecule has 0 bridgehead atoms. The van der Waals surface area contributed by atoms with Crippen molar-refractivity contribution in [3.05, 3.63) is 70.8 Å². The maximum atomic E-state index is 12.3. The van der Waals surface area contributed by atoms with Gasteiger partial charge in [-0.15, -0.1) is 10.2 Å². The number of benzene rings is 2. The number of nitrogens with two attached hydrogens (primary N) is 1. The average Bonchev–Trinajstić information content (AvgIpc) is 3.54. The third-order valence-corrected chi connectivity index (χ3v) is 6.30. The first-order valence-electron chi connectivity index (χ1n) is 12.2. The number of nitrogens with zero attached hydrogens (tertiary/aromatic N) is 5. The van der Waals surface area contributed by atoms with E-state index in [9.17, 15) is 9.59 Å². The molecule has 0 aliphatic rings. The first kappa shape index (κ1) is 27.0. The van der Waals surface area contributed by atoms with E-state index in [4.69, 9.17) is 27.2 Å². The number of carboxylic acid groups (broad SMARTS) is 1. The Bertz CT molecular complexity index is 1390. The number of carboxylic acids is 1. The van der Waals surface area contributed by atoms with Crippen molar-refractivity contribution in [2.45, 2.75) is 51.8 Å². The van der Waals surface area contributed by atoms with Crippen molar-refractivity contribution in [3.8, 4) is 22.5 Å². The number of aryl methyl sites for hydroxylation is 1. The van der Waals surface area contributed by atoms with E-state index in [1.165, 1.54) is 0 Å². The van der Waals surface area contributed by atoms with Crippen molar-refractivity contribution in [2.75, 3.05) is 0 Å². The van der Waals surface area contributed by atoms with Gasteiger partial charge < -0.3 is 20.1 Å². The molecule has 0 aliphatic heterocycles. The summed E-state index contributed by atoms with van der Waals surface area (Å²) in [4.78, 5) is 27.7. The Morgan fingerprint density at radius 1 is 1.18 bits per heavy atom. The number of ether oxygens (including phenoxy) is 1. The van der Waals surface area contributed by atoms with Crippen molar-refractivity contribution in [2.24, 2.45) is 5.73 Å². The van der Waals surface area contributed by atoms with Crippen molar-refractivity contribution < 1.29 is 19.4 Å². The second kappa shape index (κ2) is 12.4. The van der Waals surface area contributed by atoms with Crippen LogP contribution in [0.5, 0.6) is 0 Å². The average molecular weight is 538 g/mol. The molecular weight excluding hydrogens is 510 g/mol. The number of esters is 1. The van der Waals surface area contributed by atoms with Crippen LogP contribution in [0.15, 0.2) is 48.5 Å². The number of aliphatic carboxylic acids is 1. The lowest BCUT2D eigenvalue weighted by Crippen LogP contribution is -2.34. The third kappa shape index (κ3) is 6.42. The van der Waals surface area contributed by atoms with Crippen LogP contribution >= 0.6 is 11.6 Å². The van der Waals surface area contributed by atoms with Crippen LogP contribution in [0.25, 0.3) is 22.5 Å². The van der Waals surface area contributed by atoms with Gasteiger partial charge in [0.2, 0.25) is 5.82 Å². The molecule has 2 aromatic heterocycles. The molecule has 0 saturated heterocycles.